The molecule has 0 aromatic carbocycles. The fraction of sp³-hybridized carbons (Fsp3) is 0.800. The van der Waals surface area contributed by atoms with Gasteiger partial charge in [-0.1, -0.05) is 6.92 Å². The number of amides is 3. The molecule has 0 rings (SSSR count). The number of urea groups is 1. The Hall–Kier alpha value is -1.26. The first kappa shape index (κ1) is 13.7. The molecule has 0 aromatic rings. The minimum Gasteiger partial charge on any atom is -0.354 e. The van der Waals surface area contributed by atoms with E-state index in [0.717, 1.165) is 0 Å². The lowest BCUT2D eigenvalue weighted by atomic mass is 10.4. The van der Waals surface area contributed by atoms with Crippen LogP contribution in [0, 0.1) is 0 Å². The lowest BCUT2D eigenvalue weighted by Gasteiger charge is -2.19. The van der Waals surface area contributed by atoms with Crippen molar-refractivity contribution in [1.29, 1.82) is 0 Å². The van der Waals surface area contributed by atoms with Crippen LogP contribution < -0.4 is 10.6 Å². The van der Waals surface area contributed by atoms with Gasteiger partial charge in [-0.25, -0.2) is 4.79 Å². The van der Waals surface area contributed by atoms with Gasteiger partial charge < -0.3 is 15.5 Å². The normalized spacial score (nSPS) is 9.53. The molecule has 0 fully saturated rings. The molecule has 5 heteroatoms. The maximum absolute atomic E-state index is 11.4. The minimum atomic E-state index is -0.0780. The van der Waals surface area contributed by atoms with Gasteiger partial charge in [0, 0.05) is 32.6 Å². The molecule has 0 radical (unpaired) electrons. The van der Waals surface area contributed by atoms with E-state index in [4.69, 9.17) is 0 Å². The molecule has 0 aliphatic rings. The third-order valence-corrected chi connectivity index (χ3v) is 2.10. The molecule has 5 nitrogen and oxygen atoms in total. The lowest BCUT2D eigenvalue weighted by molar-refractivity contribution is -0.120. The van der Waals surface area contributed by atoms with Gasteiger partial charge in [-0.3, -0.25) is 4.79 Å². The summed E-state index contributed by atoms with van der Waals surface area (Å²) in [4.78, 5) is 24.0. The summed E-state index contributed by atoms with van der Waals surface area (Å²) in [5.41, 5.74) is 0. The molecule has 0 saturated heterocycles. The predicted molar refractivity (Wildman–Crippen MR) is 59.6 cm³/mol. The summed E-state index contributed by atoms with van der Waals surface area (Å²) in [6.07, 6.45) is 0.476. The van der Waals surface area contributed by atoms with Gasteiger partial charge in [0.05, 0.1) is 0 Å². The summed E-state index contributed by atoms with van der Waals surface area (Å²) in [7, 11) is 0. The topological polar surface area (TPSA) is 61.4 Å². The fourth-order valence-electron chi connectivity index (χ4n) is 1.12. The number of nitrogens with zero attached hydrogens (tertiary/aromatic N) is 1. The van der Waals surface area contributed by atoms with Gasteiger partial charge in [0.1, 0.15) is 0 Å². The number of hydrogen-bond acceptors (Lipinski definition) is 2. The van der Waals surface area contributed by atoms with Crippen LogP contribution in [0.1, 0.15) is 27.2 Å². The van der Waals surface area contributed by atoms with E-state index in [2.05, 4.69) is 10.6 Å². The number of carbonyl (C=O) groups excluding carboxylic acids is 2. The monoisotopic (exact) mass is 215 g/mol. The molecule has 15 heavy (non-hydrogen) atoms. The van der Waals surface area contributed by atoms with E-state index in [0.29, 0.717) is 32.6 Å². The second-order valence-electron chi connectivity index (χ2n) is 3.11. The lowest BCUT2D eigenvalue weighted by Crippen LogP contribution is -2.42. The fourth-order valence-corrected chi connectivity index (χ4v) is 1.12. The highest BCUT2D eigenvalue weighted by Crippen LogP contribution is 1.86. The molecule has 0 atom stereocenters. The molecule has 0 heterocycles. The van der Waals surface area contributed by atoms with Crippen molar-refractivity contribution >= 4 is 11.9 Å². The van der Waals surface area contributed by atoms with Crippen molar-refractivity contribution in [3.63, 3.8) is 0 Å². The Morgan fingerprint density at radius 1 is 1.00 bits per heavy atom. The van der Waals surface area contributed by atoms with E-state index < -0.39 is 0 Å². The van der Waals surface area contributed by atoms with Crippen molar-refractivity contribution < 1.29 is 9.59 Å². The molecule has 0 aromatic heterocycles. The van der Waals surface area contributed by atoms with Crippen LogP contribution in [-0.2, 0) is 4.79 Å². The molecule has 88 valence electrons. The number of hydrogen-bond donors (Lipinski definition) is 2. The van der Waals surface area contributed by atoms with E-state index in [9.17, 15) is 9.59 Å². The van der Waals surface area contributed by atoms with E-state index in [-0.39, 0.29) is 11.9 Å². The molecular weight excluding hydrogens is 194 g/mol. The Morgan fingerprint density at radius 2 is 1.53 bits per heavy atom. The smallest absolute Gasteiger partial charge is 0.317 e. The Balaban J connectivity index is 3.58. The van der Waals surface area contributed by atoms with Crippen LogP contribution in [-0.4, -0.2) is 43.0 Å². The van der Waals surface area contributed by atoms with Crippen LogP contribution in [0.25, 0.3) is 0 Å². The van der Waals surface area contributed by atoms with Crippen molar-refractivity contribution in [2.75, 3.05) is 26.2 Å². The van der Waals surface area contributed by atoms with Crippen LogP contribution in [0.3, 0.4) is 0 Å². The van der Waals surface area contributed by atoms with Crippen LogP contribution >= 0.6 is 0 Å². The van der Waals surface area contributed by atoms with Gasteiger partial charge in [0.25, 0.3) is 0 Å². The summed E-state index contributed by atoms with van der Waals surface area (Å²) >= 11 is 0. The van der Waals surface area contributed by atoms with Gasteiger partial charge in [-0.2, -0.15) is 0 Å². The Bertz CT molecular complexity index is 203. The molecule has 0 saturated carbocycles. The summed E-state index contributed by atoms with van der Waals surface area (Å²) in [6.45, 7) is 8.02. The first-order valence-electron chi connectivity index (χ1n) is 5.45. The zero-order chi connectivity index (χ0) is 11.7. The highest BCUT2D eigenvalue weighted by Gasteiger charge is 2.07. The number of nitrogens with one attached hydrogen (secondary N) is 2. The second-order valence-corrected chi connectivity index (χ2v) is 3.11. The summed E-state index contributed by atoms with van der Waals surface area (Å²) in [6, 6.07) is -0.0780. The first-order chi connectivity index (χ1) is 7.15. The Labute approximate surface area is 91.2 Å². The third-order valence-electron chi connectivity index (χ3n) is 2.10. The van der Waals surface area contributed by atoms with E-state index >= 15 is 0 Å². The van der Waals surface area contributed by atoms with Gasteiger partial charge in [-0.05, 0) is 13.8 Å². The van der Waals surface area contributed by atoms with Crippen molar-refractivity contribution in [2.24, 2.45) is 0 Å². The van der Waals surface area contributed by atoms with Crippen LogP contribution in [0.5, 0.6) is 0 Å². The SMILES string of the molecule is CCC(=O)NCCNC(=O)N(CC)CC. The molecule has 0 unspecified atom stereocenters. The van der Waals surface area contributed by atoms with Gasteiger partial charge in [0.2, 0.25) is 5.91 Å². The third kappa shape index (κ3) is 5.93. The predicted octanol–water partition coefficient (Wildman–Crippen LogP) is 0.564. The standard InChI is InChI=1S/C10H21N3O2/c1-4-9(14)11-7-8-12-10(15)13(5-2)6-3/h4-8H2,1-3H3,(H,11,14)(H,12,15). The van der Waals surface area contributed by atoms with Gasteiger partial charge >= 0.3 is 6.03 Å². The molecular formula is C10H21N3O2. The van der Waals surface area contributed by atoms with Crippen molar-refractivity contribution in [2.45, 2.75) is 27.2 Å². The molecule has 0 bridgehead atoms. The van der Waals surface area contributed by atoms with Crippen LogP contribution in [0.4, 0.5) is 4.79 Å². The quantitative estimate of drug-likeness (QED) is 0.636. The van der Waals surface area contributed by atoms with E-state index in [1.54, 1.807) is 11.8 Å². The summed E-state index contributed by atoms with van der Waals surface area (Å²) in [5.74, 6) is 0.00656. The molecule has 0 spiro atoms. The zero-order valence-corrected chi connectivity index (χ0v) is 9.80. The van der Waals surface area contributed by atoms with Crippen LogP contribution in [0.15, 0.2) is 0 Å². The highest BCUT2D eigenvalue weighted by atomic mass is 16.2. The van der Waals surface area contributed by atoms with Crippen molar-refractivity contribution in [3.8, 4) is 0 Å². The molecule has 2 N–H and O–H groups in total. The van der Waals surface area contributed by atoms with Crippen molar-refractivity contribution in [3.05, 3.63) is 0 Å². The Morgan fingerprint density at radius 3 is 2.00 bits per heavy atom. The highest BCUT2D eigenvalue weighted by molar-refractivity contribution is 5.76. The average molecular weight is 215 g/mol. The molecule has 3 amide bonds. The maximum Gasteiger partial charge on any atom is 0.317 e. The maximum atomic E-state index is 11.4. The number of carbonyl (C=O) groups is 2. The molecule has 0 aliphatic heterocycles. The average Bonchev–Trinajstić information content (AvgIpc) is 2.25. The number of rotatable bonds is 6. The minimum absolute atomic E-state index is 0.00656. The summed E-state index contributed by atoms with van der Waals surface area (Å²) < 4.78 is 0. The first-order valence-corrected chi connectivity index (χ1v) is 5.45. The van der Waals surface area contributed by atoms with E-state index in [1.165, 1.54) is 0 Å². The van der Waals surface area contributed by atoms with Crippen molar-refractivity contribution in [1.82, 2.24) is 15.5 Å². The Kier molecular flexibility index (Phi) is 7.40. The van der Waals surface area contributed by atoms with E-state index in [1.807, 2.05) is 13.8 Å². The van der Waals surface area contributed by atoms with Gasteiger partial charge in [-0.15, -0.1) is 0 Å². The van der Waals surface area contributed by atoms with Gasteiger partial charge in [0.15, 0.2) is 0 Å². The van der Waals surface area contributed by atoms with Crippen LogP contribution in [0.2, 0.25) is 0 Å². The summed E-state index contributed by atoms with van der Waals surface area (Å²) in [5, 5.41) is 5.43. The second kappa shape index (κ2) is 8.08. The largest absolute Gasteiger partial charge is 0.354 e. The molecule has 0 aliphatic carbocycles. The zero-order valence-electron chi connectivity index (χ0n) is 9.80.